The molecule has 75 valence electrons. The van der Waals surface area contributed by atoms with E-state index in [0.717, 1.165) is 5.56 Å². The molecule has 1 aromatic rings. The van der Waals surface area contributed by atoms with Crippen LogP contribution in [0.25, 0.3) is 0 Å². The summed E-state index contributed by atoms with van der Waals surface area (Å²) in [5, 5.41) is 3.60. The number of aryl methyl sites for hydroxylation is 1. The third-order valence-electron chi connectivity index (χ3n) is 1.47. The number of allylic oxidation sites excluding steroid dienone is 1. The Balaban J connectivity index is 0.00000144. The van der Waals surface area contributed by atoms with Crippen LogP contribution in [0.2, 0.25) is 0 Å². The molecule has 1 heterocycles. The second kappa shape index (κ2) is 5.68. The van der Waals surface area contributed by atoms with Gasteiger partial charge >= 0.3 is 0 Å². The quantitative estimate of drug-likeness (QED) is 0.357. The minimum atomic E-state index is -0.309. The van der Waals surface area contributed by atoms with Crippen molar-refractivity contribution >= 4 is 23.8 Å². The third kappa shape index (κ3) is 3.01. The van der Waals surface area contributed by atoms with Crippen molar-refractivity contribution in [2.24, 2.45) is 4.99 Å². The fourth-order valence-corrected chi connectivity index (χ4v) is 1.62. The summed E-state index contributed by atoms with van der Waals surface area (Å²) in [5.41, 5.74) is 1.32. The number of ketones is 1. The molecule has 0 amide bonds. The molecule has 1 rings (SSSR count). The second-order valence-corrected chi connectivity index (χ2v) is 3.06. The Morgan fingerprint density at radius 1 is 1.54 bits per heavy atom. The van der Waals surface area contributed by atoms with Crippen molar-refractivity contribution in [2.45, 2.75) is 6.92 Å². The standard InChI is InChI=1S/C9H7NOS.Tm/c1-6-4-12-5-8(6)9(11)7(2)10-3;/h2-5H,1H3;/q-2;. The molecular weight excluding hydrogens is 339 g/mol. The van der Waals surface area contributed by atoms with E-state index in [4.69, 9.17) is 13.3 Å². The van der Waals surface area contributed by atoms with Crippen LogP contribution in [0.1, 0.15) is 15.9 Å². The van der Waals surface area contributed by atoms with Gasteiger partial charge in [-0.3, -0.25) is 0 Å². The fraction of sp³-hybridized carbons (Fsp3) is 0.111. The maximum Gasteiger partial charge on any atom is 0 e. The minimum absolute atomic E-state index is 0. The Labute approximate surface area is 111 Å². The van der Waals surface area contributed by atoms with Crippen molar-refractivity contribution in [3.05, 3.63) is 34.2 Å². The zero-order valence-electron chi connectivity index (χ0n) is 6.85. The van der Waals surface area contributed by atoms with Crippen molar-refractivity contribution in [1.82, 2.24) is 0 Å². The van der Waals surface area contributed by atoms with Gasteiger partial charge in [0.2, 0.25) is 0 Å². The molecule has 4 heteroatoms. The molecule has 1 radical (unpaired) electrons. The van der Waals surface area contributed by atoms with Gasteiger partial charge in [0, 0.05) is 36.9 Å². The van der Waals surface area contributed by atoms with Gasteiger partial charge < -0.3 is 16.4 Å². The van der Waals surface area contributed by atoms with Gasteiger partial charge in [0.05, 0.1) is 0 Å². The van der Waals surface area contributed by atoms with Crippen LogP contribution >= 0.6 is 11.3 Å². The molecule has 0 aliphatic rings. The van der Waals surface area contributed by atoms with E-state index in [0.29, 0.717) is 5.56 Å². The van der Waals surface area contributed by atoms with E-state index in [2.05, 4.69) is 4.99 Å². The average Bonchev–Trinajstić information content (AvgIpc) is 2.48. The first-order valence-electron chi connectivity index (χ1n) is 3.27. The molecule has 0 bridgehead atoms. The Bertz CT molecular complexity index is 343. The maximum atomic E-state index is 11.3. The molecule has 0 aliphatic heterocycles. The Hall–Kier alpha value is 0.0138. The van der Waals surface area contributed by atoms with Crippen LogP contribution in [0.15, 0.2) is 21.4 Å². The smallest absolute Gasteiger partial charge is 0 e. The first-order chi connectivity index (χ1) is 5.66. The number of Topliss-reactive ketones (excluding diaryl/α,β-unsaturated/α-hetero) is 1. The number of rotatable bonds is 3. The molecule has 0 aliphatic carbocycles. The normalized spacial score (nSPS) is 8.69. The molecule has 0 saturated heterocycles. The minimum Gasteiger partial charge on any atom is -0.494 e. The van der Waals surface area contributed by atoms with Crippen molar-refractivity contribution in [2.75, 3.05) is 0 Å². The number of hydrogen-bond donors (Lipinski definition) is 0. The second-order valence-electron chi connectivity index (χ2n) is 2.31. The fourth-order valence-electron chi connectivity index (χ4n) is 0.790. The summed E-state index contributed by atoms with van der Waals surface area (Å²) in [4.78, 5) is 14.5. The van der Waals surface area contributed by atoms with Crippen LogP contribution < -0.4 is 0 Å². The average molecular weight is 346 g/mol. The van der Waals surface area contributed by atoms with Crippen molar-refractivity contribution < 1.29 is 41.7 Å². The summed E-state index contributed by atoms with van der Waals surface area (Å²) >= 11 is 1.45. The number of hydrogen-bond acceptors (Lipinski definition) is 3. The molecule has 0 fully saturated rings. The molecule has 0 N–H and O–H groups in total. The van der Waals surface area contributed by atoms with E-state index in [1.165, 1.54) is 11.3 Å². The molecule has 0 saturated carbocycles. The Kier molecular flexibility index (Phi) is 5.69. The summed E-state index contributed by atoms with van der Waals surface area (Å²) in [7, 11) is 0. The van der Waals surface area contributed by atoms with Gasteiger partial charge in [-0.1, -0.05) is 5.56 Å². The molecule has 0 spiro atoms. The number of aliphatic imine (C=N–C) groups is 1. The van der Waals surface area contributed by atoms with Crippen LogP contribution in [0.5, 0.6) is 0 Å². The van der Waals surface area contributed by atoms with Gasteiger partial charge in [0.1, 0.15) is 0 Å². The molecule has 2 nitrogen and oxygen atoms in total. The monoisotopic (exact) mass is 346 g/mol. The number of thiophene rings is 1. The van der Waals surface area contributed by atoms with E-state index in [1.807, 2.05) is 12.3 Å². The molecule has 0 aromatic carbocycles. The molecular formula is C9H7NOSTm-2. The van der Waals surface area contributed by atoms with Gasteiger partial charge in [-0.2, -0.15) is 18.1 Å². The zero-order chi connectivity index (χ0) is 9.14. The number of carbonyl (C=O) groups is 1. The van der Waals surface area contributed by atoms with Gasteiger partial charge in [0.15, 0.2) is 0 Å². The van der Waals surface area contributed by atoms with Crippen LogP contribution in [0.4, 0.5) is 0 Å². The zero-order valence-corrected chi connectivity index (χ0v) is 9.45. The summed E-state index contributed by atoms with van der Waals surface area (Å²) in [5.74, 6) is -0.309. The summed E-state index contributed by atoms with van der Waals surface area (Å²) in [6.45, 7) is 12.0. The number of carbonyl (C=O) groups excluding carboxylic acids is 1. The predicted molar refractivity (Wildman–Crippen MR) is 49.7 cm³/mol. The van der Waals surface area contributed by atoms with Crippen molar-refractivity contribution in [3.8, 4) is 0 Å². The van der Waals surface area contributed by atoms with Crippen LogP contribution in [-0.4, -0.2) is 12.5 Å². The third-order valence-corrected chi connectivity index (χ3v) is 2.33. The molecule has 0 unspecified atom stereocenters. The van der Waals surface area contributed by atoms with Gasteiger partial charge in [0.25, 0.3) is 0 Å². The van der Waals surface area contributed by atoms with E-state index in [-0.39, 0.29) is 48.4 Å². The Morgan fingerprint density at radius 2 is 2.15 bits per heavy atom. The molecule has 13 heavy (non-hydrogen) atoms. The Morgan fingerprint density at radius 3 is 2.54 bits per heavy atom. The largest absolute Gasteiger partial charge is 0.494 e. The topological polar surface area (TPSA) is 29.4 Å². The van der Waals surface area contributed by atoms with Gasteiger partial charge in [-0.05, 0) is 29.0 Å². The molecule has 0 atom stereocenters. The van der Waals surface area contributed by atoms with Gasteiger partial charge in [-0.15, -0.1) is 0 Å². The maximum absolute atomic E-state index is 11.3. The van der Waals surface area contributed by atoms with Crippen molar-refractivity contribution in [1.29, 1.82) is 0 Å². The van der Waals surface area contributed by atoms with E-state index >= 15 is 0 Å². The van der Waals surface area contributed by atoms with Crippen LogP contribution in [0, 0.1) is 50.4 Å². The van der Waals surface area contributed by atoms with E-state index in [1.54, 1.807) is 5.38 Å². The predicted octanol–water partition coefficient (Wildman–Crippen LogP) is 2.13. The molecule has 1 aromatic heterocycles. The van der Waals surface area contributed by atoms with E-state index in [9.17, 15) is 4.79 Å². The summed E-state index contributed by atoms with van der Waals surface area (Å²) in [6.07, 6.45) is 0. The van der Waals surface area contributed by atoms with Crippen LogP contribution in [-0.2, 0) is 0 Å². The van der Waals surface area contributed by atoms with Gasteiger partial charge in [-0.25, -0.2) is 5.70 Å². The number of nitrogens with zero attached hydrogens (tertiary/aromatic N) is 1. The van der Waals surface area contributed by atoms with Crippen LogP contribution in [0.3, 0.4) is 0 Å². The SMILES string of the molecule is [CH-]=NC(=[CH-])C(=O)c1cscc1C.[Tm]. The summed E-state index contributed by atoms with van der Waals surface area (Å²) in [6, 6.07) is 0. The first-order valence-corrected chi connectivity index (χ1v) is 4.22. The first kappa shape index (κ1) is 13.0. The van der Waals surface area contributed by atoms with E-state index < -0.39 is 0 Å². The summed E-state index contributed by atoms with van der Waals surface area (Å²) < 4.78 is 0. The van der Waals surface area contributed by atoms with Crippen molar-refractivity contribution in [3.63, 3.8) is 0 Å².